The van der Waals surface area contributed by atoms with Crippen molar-refractivity contribution in [2.75, 3.05) is 11.9 Å². The fourth-order valence-electron chi connectivity index (χ4n) is 2.04. The van der Waals surface area contributed by atoms with E-state index >= 15 is 0 Å². The summed E-state index contributed by atoms with van der Waals surface area (Å²) in [5, 5.41) is 3.15. The fraction of sp³-hybridized carbons (Fsp3) is 0.214. The Labute approximate surface area is 134 Å². The van der Waals surface area contributed by atoms with Gasteiger partial charge in [-0.15, -0.1) is 0 Å². The number of aromatic nitrogens is 3. The molecule has 0 radical (unpaired) electrons. The number of anilines is 1. The maximum atomic E-state index is 12.0. The highest BCUT2D eigenvalue weighted by Gasteiger charge is 2.19. The topological polar surface area (TPSA) is 81.7 Å². The van der Waals surface area contributed by atoms with Gasteiger partial charge in [-0.3, -0.25) is 4.40 Å². The molecule has 3 heterocycles. The number of esters is 1. The predicted octanol–water partition coefficient (Wildman–Crippen LogP) is 2.87. The SMILES string of the molecule is CCOC(=O)c1ncn2c(NCc3ccco3)ncc(Br)c12. The van der Waals surface area contributed by atoms with Crippen LogP contribution in [0.5, 0.6) is 0 Å². The Kier molecular flexibility index (Phi) is 4.10. The van der Waals surface area contributed by atoms with E-state index in [1.54, 1.807) is 23.8 Å². The Bertz CT molecular complexity index is 798. The zero-order chi connectivity index (χ0) is 15.5. The van der Waals surface area contributed by atoms with Gasteiger partial charge in [0.05, 0.1) is 29.4 Å². The monoisotopic (exact) mass is 364 g/mol. The summed E-state index contributed by atoms with van der Waals surface area (Å²) in [7, 11) is 0. The van der Waals surface area contributed by atoms with Gasteiger partial charge < -0.3 is 14.5 Å². The summed E-state index contributed by atoms with van der Waals surface area (Å²) in [6.45, 7) is 2.52. The molecule has 114 valence electrons. The molecule has 0 aliphatic heterocycles. The van der Waals surface area contributed by atoms with Crippen LogP contribution in [0.1, 0.15) is 23.2 Å². The summed E-state index contributed by atoms with van der Waals surface area (Å²) in [5.74, 6) is 0.870. The molecule has 0 aliphatic rings. The summed E-state index contributed by atoms with van der Waals surface area (Å²) < 4.78 is 12.6. The lowest BCUT2D eigenvalue weighted by molar-refractivity contribution is 0.0522. The number of nitrogens with one attached hydrogen (secondary N) is 1. The van der Waals surface area contributed by atoms with Gasteiger partial charge in [-0.2, -0.15) is 0 Å². The molecule has 22 heavy (non-hydrogen) atoms. The third-order valence-corrected chi connectivity index (χ3v) is 3.57. The molecule has 0 aliphatic carbocycles. The number of hydrogen-bond acceptors (Lipinski definition) is 6. The fourth-order valence-corrected chi connectivity index (χ4v) is 2.52. The first-order chi connectivity index (χ1) is 10.7. The first kappa shape index (κ1) is 14.6. The van der Waals surface area contributed by atoms with E-state index in [0.717, 1.165) is 5.76 Å². The molecular formula is C14H13BrN4O3. The van der Waals surface area contributed by atoms with E-state index in [4.69, 9.17) is 9.15 Å². The number of imidazole rings is 1. The largest absolute Gasteiger partial charge is 0.467 e. The van der Waals surface area contributed by atoms with Crippen molar-refractivity contribution >= 4 is 33.4 Å². The molecular weight excluding hydrogens is 352 g/mol. The van der Waals surface area contributed by atoms with Gasteiger partial charge in [-0.25, -0.2) is 14.8 Å². The average Bonchev–Trinajstić information content (AvgIpc) is 3.16. The molecule has 8 heteroatoms. The van der Waals surface area contributed by atoms with Gasteiger partial charge in [-0.05, 0) is 35.0 Å². The Morgan fingerprint density at radius 1 is 1.50 bits per heavy atom. The lowest BCUT2D eigenvalue weighted by Crippen LogP contribution is -2.08. The van der Waals surface area contributed by atoms with Gasteiger partial charge in [-0.1, -0.05) is 0 Å². The molecule has 0 atom stereocenters. The molecule has 0 saturated heterocycles. The Morgan fingerprint density at radius 2 is 2.36 bits per heavy atom. The van der Waals surface area contributed by atoms with Gasteiger partial charge in [0.1, 0.15) is 12.1 Å². The van der Waals surface area contributed by atoms with E-state index in [9.17, 15) is 4.79 Å². The van der Waals surface area contributed by atoms with Crippen molar-refractivity contribution in [2.24, 2.45) is 0 Å². The highest BCUT2D eigenvalue weighted by Crippen LogP contribution is 2.24. The second kappa shape index (κ2) is 6.18. The van der Waals surface area contributed by atoms with E-state index in [-0.39, 0.29) is 5.69 Å². The van der Waals surface area contributed by atoms with E-state index in [2.05, 4.69) is 31.2 Å². The molecule has 1 N–H and O–H groups in total. The molecule has 3 aromatic heterocycles. The zero-order valence-electron chi connectivity index (χ0n) is 11.7. The van der Waals surface area contributed by atoms with Crippen LogP contribution < -0.4 is 5.32 Å². The highest BCUT2D eigenvalue weighted by molar-refractivity contribution is 9.10. The first-order valence-corrected chi connectivity index (χ1v) is 7.45. The van der Waals surface area contributed by atoms with Crippen molar-refractivity contribution in [3.63, 3.8) is 0 Å². The van der Waals surface area contributed by atoms with E-state index < -0.39 is 5.97 Å². The highest BCUT2D eigenvalue weighted by atomic mass is 79.9. The molecule has 7 nitrogen and oxygen atoms in total. The molecule has 0 fully saturated rings. The van der Waals surface area contributed by atoms with Crippen molar-refractivity contribution < 1.29 is 13.9 Å². The average molecular weight is 365 g/mol. The quantitative estimate of drug-likeness (QED) is 0.701. The molecule has 0 spiro atoms. The van der Waals surface area contributed by atoms with Crippen LogP contribution in [0.4, 0.5) is 5.95 Å². The van der Waals surface area contributed by atoms with Crippen molar-refractivity contribution in [1.29, 1.82) is 0 Å². The second-order valence-electron chi connectivity index (χ2n) is 4.39. The lowest BCUT2D eigenvalue weighted by Gasteiger charge is -2.08. The van der Waals surface area contributed by atoms with Crippen LogP contribution in [0.25, 0.3) is 5.52 Å². The third-order valence-electron chi connectivity index (χ3n) is 2.99. The van der Waals surface area contributed by atoms with Gasteiger partial charge in [0.2, 0.25) is 5.95 Å². The van der Waals surface area contributed by atoms with Gasteiger partial charge in [0.25, 0.3) is 0 Å². The van der Waals surface area contributed by atoms with Crippen LogP contribution in [0.3, 0.4) is 0 Å². The summed E-state index contributed by atoms with van der Waals surface area (Å²) in [6.07, 6.45) is 4.76. The van der Waals surface area contributed by atoms with E-state index in [1.807, 2.05) is 12.1 Å². The van der Waals surface area contributed by atoms with Crippen molar-refractivity contribution in [3.8, 4) is 0 Å². The Hall–Kier alpha value is -2.35. The number of carbonyl (C=O) groups excluding carboxylic acids is 1. The number of rotatable bonds is 5. The molecule has 3 aromatic rings. The Balaban J connectivity index is 1.95. The Morgan fingerprint density at radius 3 is 3.09 bits per heavy atom. The van der Waals surface area contributed by atoms with Crippen LogP contribution in [0, 0.1) is 0 Å². The zero-order valence-corrected chi connectivity index (χ0v) is 13.3. The van der Waals surface area contributed by atoms with Crippen LogP contribution in [-0.2, 0) is 11.3 Å². The van der Waals surface area contributed by atoms with E-state index in [0.29, 0.717) is 29.1 Å². The maximum absolute atomic E-state index is 12.0. The van der Waals surface area contributed by atoms with Crippen molar-refractivity contribution in [1.82, 2.24) is 14.4 Å². The number of halogens is 1. The third kappa shape index (κ3) is 2.69. The van der Waals surface area contributed by atoms with Gasteiger partial charge >= 0.3 is 5.97 Å². The summed E-state index contributed by atoms with van der Waals surface area (Å²) >= 11 is 3.39. The second-order valence-corrected chi connectivity index (χ2v) is 5.25. The van der Waals surface area contributed by atoms with Crippen LogP contribution in [0.2, 0.25) is 0 Å². The number of ether oxygens (including phenoxy) is 1. The van der Waals surface area contributed by atoms with Crippen LogP contribution in [0.15, 0.2) is 39.8 Å². The normalized spacial score (nSPS) is 10.8. The summed E-state index contributed by atoms with van der Waals surface area (Å²) in [5.41, 5.74) is 0.854. The summed E-state index contributed by atoms with van der Waals surface area (Å²) in [6, 6.07) is 3.68. The van der Waals surface area contributed by atoms with Crippen LogP contribution >= 0.6 is 15.9 Å². The minimum atomic E-state index is -0.464. The van der Waals surface area contributed by atoms with Crippen molar-refractivity contribution in [3.05, 3.63) is 46.8 Å². The minimum absolute atomic E-state index is 0.247. The first-order valence-electron chi connectivity index (χ1n) is 6.65. The van der Waals surface area contributed by atoms with Gasteiger partial charge in [0, 0.05) is 6.20 Å². The molecule has 3 rings (SSSR count). The molecule has 0 amide bonds. The van der Waals surface area contributed by atoms with Crippen LogP contribution in [-0.4, -0.2) is 26.9 Å². The van der Waals surface area contributed by atoms with Gasteiger partial charge in [0.15, 0.2) is 5.69 Å². The van der Waals surface area contributed by atoms with E-state index in [1.165, 1.54) is 6.33 Å². The standard InChI is InChI=1S/C14H13BrN4O3/c1-2-21-13(20)11-12-10(15)7-17-14(19(12)8-18-11)16-6-9-4-3-5-22-9/h3-5,7-8H,2,6H2,1H3,(H,16,17). The maximum Gasteiger partial charge on any atom is 0.359 e. The molecule has 0 unspecified atom stereocenters. The minimum Gasteiger partial charge on any atom is -0.467 e. The smallest absolute Gasteiger partial charge is 0.359 e. The van der Waals surface area contributed by atoms with Crippen molar-refractivity contribution in [2.45, 2.75) is 13.5 Å². The lowest BCUT2D eigenvalue weighted by atomic mass is 10.3. The molecule has 0 bridgehead atoms. The molecule has 0 aromatic carbocycles. The number of fused-ring (bicyclic) bond motifs is 1. The predicted molar refractivity (Wildman–Crippen MR) is 82.7 cm³/mol. The number of furan rings is 1. The molecule has 0 saturated carbocycles. The summed E-state index contributed by atoms with van der Waals surface area (Å²) in [4.78, 5) is 20.4. The number of nitrogens with zero attached hydrogens (tertiary/aromatic N) is 3. The number of carbonyl (C=O) groups is 1. The number of hydrogen-bond donors (Lipinski definition) is 1.